The lowest BCUT2D eigenvalue weighted by atomic mass is 9.96. The molecule has 2 aromatic rings. The normalized spacial score (nSPS) is 18.7. The summed E-state index contributed by atoms with van der Waals surface area (Å²) < 4.78 is 5.81. The van der Waals surface area contributed by atoms with Crippen molar-refractivity contribution >= 4 is 11.6 Å². The molecule has 1 N–H and O–H groups in total. The first-order valence-corrected chi connectivity index (χ1v) is 7.76. The number of halogens is 1. The number of hydrogen-bond donors (Lipinski definition) is 1. The predicted molar refractivity (Wildman–Crippen MR) is 87.0 cm³/mol. The maximum atomic E-state index is 5.93. The second kappa shape index (κ2) is 6.61. The van der Waals surface area contributed by atoms with Gasteiger partial charge in [0.05, 0.1) is 12.7 Å². The molecule has 110 valence electrons. The molecule has 0 spiro atoms. The lowest BCUT2D eigenvalue weighted by Gasteiger charge is -2.24. The Morgan fingerprint density at radius 3 is 2.67 bits per heavy atom. The maximum Gasteiger partial charge on any atom is 0.0949 e. The first-order chi connectivity index (χ1) is 10.2. The molecule has 1 heterocycles. The highest BCUT2D eigenvalue weighted by molar-refractivity contribution is 6.30. The van der Waals surface area contributed by atoms with E-state index in [2.05, 4.69) is 42.6 Å². The van der Waals surface area contributed by atoms with Crippen LogP contribution in [0.1, 0.15) is 28.4 Å². The standard InChI is InChI=1S/C18H20ClNO/c1-13-10-16(18-12-20-8-9-21-18)5-4-15(13)11-14-2-6-17(19)7-3-14/h2-7,10,18,20H,8-9,11-12H2,1H3. The minimum Gasteiger partial charge on any atom is -0.371 e. The van der Waals surface area contributed by atoms with Gasteiger partial charge >= 0.3 is 0 Å². The summed E-state index contributed by atoms with van der Waals surface area (Å²) in [6, 6.07) is 14.7. The third-order valence-corrected chi connectivity index (χ3v) is 4.23. The average Bonchev–Trinajstić information content (AvgIpc) is 2.52. The van der Waals surface area contributed by atoms with Gasteiger partial charge in [0, 0.05) is 18.1 Å². The van der Waals surface area contributed by atoms with E-state index < -0.39 is 0 Å². The zero-order valence-electron chi connectivity index (χ0n) is 12.2. The third-order valence-electron chi connectivity index (χ3n) is 3.97. The zero-order valence-corrected chi connectivity index (χ0v) is 13.0. The monoisotopic (exact) mass is 301 g/mol. The highest BCUT2D eigenvalue weighted by atomic mass is 35.5. The predicted octanol–water partition coefficient (Wildman–Crippen LogP) is 3.90. The van der Waals surface area contributed by atoms with Gasteiger partial charge in [-0.25, -0.2) is 0 Å². The first-order valence-electron chi connectivity index (χ1n) is 7.38. The number of aryl methyl sites for hydroxylation is 1. The molecular weight excluding hydrogens is 282 g/mol. The molecule has 0 bridgehead atoms. The summed E-state index contributed by atoms with van der Waals surface area (Å²) >= 11 is 5.93. The summed E-state index contributed by atoms with van der Waals surface area (Å²) in [5.74, 6) is 0. The number of ether oxygens (including phenoxy) is 1. The summed E-state index contributed by atoms with van der Waals surface area (Å²) in [6.07, 6.45) is 1.12. The molecule has 1 saturated heterocycles. The van der Waals surface area contributed by atoms with E-state index in [9.17, 15) is 0 Å². The fourth-order valence-corrected chi connectivity index (χ4v) is 2.85. The smallest absolute Gasteiger partial charge is 0.0949 e. The van der Waals surface area contributed by atoms with Crippen molar-refractivity contribution < 1.29 is 4.74 Å². The van der Waals surface area contributed by atoms with Gasteiger partial charge in [-0.1, -0.05) is 41.9 Å². The van der Waals surface area contributed by atoms with Crippen LogP contribution in [0.3, 0.4) is 0 Å². The van der Waals surface area contributed by atoms with Crippen LogP contribution in [0.2, 0.25) is 5.02 Å². The van der Waals surface area contributed by atoms with Crippen LogP contribution in [0, 0.1) is 6.92 Å². The van der Waals surface area contributed by atoms with Crippen LogP contribution in [0.4, 0.5) is 0 Å². The molecule has 2 nitrogen and oxygen atoms in total. The summed E-state index contributed by atoms with van der Waals surface area (Å²) in [5.41, 5.74) is 5.21. The molecule has 1 fully saturated rings. The quantitative estimate of drug-likeness (QED) is 0.928. The van der Waals surface area contributed by atoms with Gasteiger partial charge in [-0.15, -0.1) is 0 Å². The number of benzene rings is 2. The average molecular weight is 302 g/mol. The van der Waals surface area contributed by atoms with Crippen LogP contribution < -0.4 is 5.32 Å². The van der Waals surface area contributed by atoms with Crippen molar-refractivity contribution in [2.75, 3.05) is 19.7 Å². The van der Waals surface area contributed by atoms with E-state index in [-0.39, 0.29) is 6.10 Å². The van der Waals surface area contributed by atoms with Crippen molar-refractivity contribution in [3.63, 3.8) is 0 Å². The lowest BCUT2D eigenvalue weighted by molar-refractivity contribution is 0.0276. The molecule has 21 heavy (non-hydrogen) atoms. The Balaban J connectivity index is 1.76. The fourth-order valence-electron chi connectivity index (χ4n) is 2.72. The Kier molecular flexibility index (Phi) is 4.59. The Morgan fingerprint density at radius 2 is 2.00 bits per heavy atom. The molecule has 3 rings (SSSR count). The van der Waals surface area contributed by atoms with E-state index in [1.807, 2.05) is 12.1 Å². The highest BCUT2D eigenvalue weighted by Gasteiger charge is 2.16. The second-order valence-corrected chi connectivity index (χ2v) is 5.99. The van der Waals surface area contributed by atoms with Crippen LogP contribution in [-0.4, -0.2) is 19.7 Å². The minimum atomic E-state index is 0.182. The van der Waals surface area contributed by atoms with E-state index in [4.69, 9.17) is 16.3 Å². The number of rotatable bonds is 3. The summed E-state index contributed by atoms with van der Waals surface area (Å²) in [7, 11) is 0. The molecule has 3 heteroatoms. The second-order valence-electron chi connectivity index (χ2n) is 5.55. The van der Waals surface area contributed by atoms with Gasteiger partial charge < -0.3 is 10.1 Å². The van der Waals surface area contributed by atoms with Gasteiger partial charge in [-0.2, -0.15) is 0 Å². The fraction of sp³-hybridized carbons (Fsp3) is 0.333. The van der Waals surface area contributed by atoms with Crippen LogP contribution in [0.25, 0.3) is 0 Å². The lowest BCUT2D eigenvalue weighted by Crippen LogP contribution is -2.33. The minimum absolute atomic E-state index is 0.182. The molecule has 1 unspecified atom stereocenters. The van der Waals surface area contributed by atoms with Crippen LogP contribution in [0.5, 0.6) is 0 Å². The number of nitrogens with one attached hydrogen (secondary N) is 1. The van der Waals surface area contributed by atoms with Gasteiger partial charge in [0.2, 0.25) is 0 Å². The van der Waals surface area contributed by atoms with Gasteiger partial charge in [0.15, 0.2) is 0 Å². The largest absolute Gasteiger partial charge is 0.371 e. The van der Waals surface area contributed by atoms with Crippen molar-refractivity contribution in [1.29, 1.82) is 0 Å². The Labute approximate surface area is 131 Å². The third kappa shape index (κ3) is 3.65. The van der Waals surface area contributed by atoms with Crippen molar-refractivity contribution in [2.45, 2.75) is 19.4 Å². The summed E-state index contributed by atoms with van der Waals surface area (Å²) in [4.78, 5) is 0. The van der Waals surface area contributed by atoms with Gasteiger partial charge in [0.1, 0.15) is 0 Å². The van der Waals surface area contributed by atoms with E-state index in [1.165, 1.54) is 22.3 Å². The van der Waals surface area contributed by atoms with Crippen LogP contribution >= 0.6 is 11.6 Å². The highest BCUT2D eigenvalue weighted by Crippen LogP contribution is 2.23. The molecule has 1 aliphatic rings. The van der Waals surface area contributed by atoms with E-state index >= 15 is 0 Å². The molecule has 0 saturated carbocycles. The van der Waals surface area contributed by atoms with Gasteiger partial charge in [-0.3, -0.25) is 0 Å². The molecular formula is C18H20ClNO. The molecule has 0 aliphatic carbocycles. The van der Waals surface area contributed by atoms with Gasteiger partial charge in [0.25, 0.3) is 0 Å². The number of morpholine rings is 1. The summed E-state index contributed by atoms with van der Waals surface area (Å²) in [5, 5.41) is 4.16. The Bertz CT molecular complexity index is 603. The van der Waals surface area contributed by atoms with Crippen molar-refractivity contribution in [2.24, 2.45) is 0 Å². The van der Waals surface area contributed by atoms with E-state index in [0.717, 1.165) is 31.1 Å². The zero-order chi connectivity index (χ0) is 14.7. The molecule has 2 aromatic carbocycles. The van der Waals surface area contributed by atoms with Crippen molar-refractivity contribution in [1.82, 2.24) is 5.32 Å². The topological polar surface area (TPSA) is 21.3 Å². The Morgan fingerprint density at radius 1 is 1.19 bits per heavy atom. The first kappa shape index (κ1) is 14.6. The maximum absolute atomic E-state index is 5.93. The molecule has 1 aliphatic heterocycles. The Hall–Kier alpha value is -1.35. The van der Waals surface area contributed by atoms with E-state index in [0.29, 0.717) is 0 Å². The van der Waals surface area contributed by atoms with E-state index in [1.54, 1.807) is 0 Å². The number of hydrogen-bond acceptors (Lipinski definition) is 2. The van der Waals surface area contributed by atoms with Crippen molar-refractivity contribution in [3.05, 3.63) is 69.7 Å². The van der Waals surface area contributed by atoms with Gasteiger partial charge in [-0.05, 0) is 47.7 Å². The molecule has 0 amide bonds. The SMILES string of the molecule is Cc1cc(C2CNCCO2)ccc1Cc1ccc(Cl)cc1. The van der Waals surface area contributed by atoms with Crippen LogP contribution in [-0.2, 0) is 11.2 Å². The molecule has 1 atom stereocenters. The van der Waals surface area contributed by atoms with Crippen LogP contribution in [0.15, 0.2) is 42.5 Å². The molecule has 0 aromatic heterocycles. The molecule has 0 radical (unpaired) electrons. The summed E-state index contributed by atoms with van der Waals surface area (Å²) in [6.45, 7) is 4.81. The van der Waals surface area contributed by atoms with Crippen molar-refractivity contribution in [3.8, 4) is 0 Å².